The van der Waals surface area contributed by atoms with Crippen molar-refractivity contribution in [3.63, 3.8) is 0 Å². The second kappa shape index (κ2) is 5.64. The number of rotatable bonds is 4. The van der Waals surface area contributed by atoms with Crippen LogP contribution in [-0.4, -0.2) is 33.1 Å². The van der Waals surface area contributed by atoms with Gasteiger partial charge in [0.2, 0.25) is 5.75 Å². The maximum absolute atomic E-state index is 11.6. The second-order valence-corrected chi connectivity index (χ2v) is 4.14. The second-order valence-electron chi connectivity index (χ2n) is 4.14. The maximum atomic E-state index is 11.6. The molecule has 1 heterocycles. The third-order valence-corrected chi connectivity index (χ3v) is 2.81. The minimum Gasteiger partial charge on any atom is -0.493 e. The summed E-state index contributed by atoms with van der Waals surface area (Å²) in [6.07, 6.45) is 1.66. The van der Waals surface area contributed by atoms with Crippen LogP contribution in [0.1, 0.15) is 12.5 Å². The Morgan fingerprint density at radius 2 is 1.70 bits per heavy atom. The summed E-state index contributed by atoms with van der Waals surface area (Å²) in [5.41, 5.74) is 1.08. The van der Waals surface area contributed by atoms with Crippen molar-refractivity contribution in [1.29, 1.82) is 0 Å². The zero-order chi connectivity index (χ0) is 14.7. The first-order valence-electron chi connectivity index (χ1n) is 5.97. The standard InChI is InChI=1S/C14H16N2O4/c1-8-15-10(14(17)16-8)5-9-6-11(18-2)13(20-4)12(7-9)19-3/h5-7H,1-4H3,(H,15,16,17)/b10-5+. The number of aliphatic imine (C=N–C) groups is 1. The van der Waals surface area contributed by atoms with Gasteiger partial charge in [-0.15, -0.1) is 0 Å². The quantitative estimate of drug-likeness (QED) is 0.848. The molecular formula is C14H16N2O4. The molecule has 0 unspecified atom stereocenters. The van der Waals surface area contributed by atoms with Gasteiger partial charge >= 0.3 is 0 Å². The molecule has 1 N–H and O–H groups in total. The summed E-state index contributed by atoms with van der Waals surface area (Å²) in [6, 6.07) is 3.51. The molecule has 0 radical (unpaired) electrons. The lowest BCUT2D eigenvalue weighted by Crippen LogP contribution is -2.21. The van der Waals surface area contributed by atoms with E-state index in [0.29, 0.717) is 28.8 Å². The van der Waals surface area contributed by atoms with Gasteiger partial charge in [0.05, 0.1) is 21.3 Å². The summed E-state index contributed by atoms with van der Waals surface area (Å²) in [5, 5.41) is 2.62. The Morgan fingerprint density at radius 3 is 2.10 bits per heavy atom. The number of amides is 1. The zero-order valence-electron chi connectivity index (χ0n) is 11.8. The van der Waals surface area contributed by atoms with Crippen molar-refractivity contribution < 1.29 is 19.0 Å². The maximum Gasteiger partial charge on any atom is 0.275 e. The minimum atomic E-state index is -0.226. The predicted molar refractivity (Wildman–Crippen MR) is 75.3 cm³/mol. The zero-order valence-corrected chi connectivity index (χ0v) is 11.8. The largest absolute Gasteiger partial charge is 0.493 e. The first-order valence-corrected chi connectivity index (χ1v) is 5.97. The van der Waals surface area contributed by atoms with Gasteiger partial charge in [-0.05, 0) is 30.7 Å². The number of nitrogens with one attached hydrogen (secondary N) is 1. The third kappa shape index (κ3) is 2.59. The molecule has 0 atom stereocenters. The van der Waals surface area contributed by atoms with Crippen molar-refractivity contribution in [2.75, 3.05) is 21.3 Å². The lowest BCUT2D eigenvalue weighted by molar-refractivity contribution is -0.115. The van der Waals surface area contributed by atoms with Crippen molar-refractivity contribution >= 4 is 17.8 Å². The fourth-order valence-electron chi connectivity index (χ4n) is 1.93. The molecular weight excluding hydrogens is 260 g/mol. The number of benzene rings is 1. The lowest BCUT2D eigenvalue weighted by Gasteiger charge is -2.12. The number of nitrogens with zero attached hydrogens (tertiary/aromatic N) is 1. The molecule has 6 heteroatoms. The van der Waals surface area contributed by atoms with Gasteiger partial charge < -0.3 is 19.5 Å². The number of carbonyl (C=O) groups excluding carboxylic acids is 1. The fraction of sp³-hybridized carbons (Fsp3) is 0.286. The van der Waals surface area contributed by atoms with Crippen LogP contribution in [0.2, 0.25) is 0 Å². The summed E-state index contributed by atoms with van der Waals surface area (Å²) in [4.78, 5) is 15.8. The van der Waals surface area contributed by atoms with Gasteiger partial charge in [0.25, 0.3) is 5.91 Å². The number of hydrogen-bond donors (Lipinski definition) is 1. The summed E-state index contributed by atoms with van der Waals surface area (Å²) in [6.45, 7) is 1.73. The van der Waals surface area contributed by atoms with E-state index >= 15 is 0 Å². The summed E-state index contributed by atoms with van der Waals surface area (Å²) in [5.74, 6) is 1.91. The van der Waals surface area contributed by atoms with Gasteiger partial charge in [0, 0.05) is 0 Å². The fourth-order valence-corrected chi connectivity index (χ4v) is 1.93. The average molecular weight is 276 g/mol. The molecule has 0 bridgehead atoms. The lowest BCUT2D eigenvalue weighted by atomic mass is 10.1. The van der Waals surface area contributed by atoms with Gasteiger partial charge in [0.1, 0.15) is 11.5 Å². The van der Waals surface area contributed by atoms with E-state index < -0.39 is 0 Å². The molecule has 0 fully saturated rings. The third-order valence-electron chi connectivity index (χ3n) is 2.81. The van der Waals surface area contributed by atoms with E-state index in [1.165, 1.54) is 7.11 Å². The first kappa shape index (κ1) is 13.9. The van der Waals surface area contributed by atoms with Gasteiger partial charge in [-0.1, -0.05) is 0 Å². The van der Waals surface area contributed by atoms with Crippen LogP contribution in [0.15, 0.2) is 22.8 Å². The Morgan fingerprint density at radius 1 is 1.10 bits per heavy atom. The smallest absolute Gasteiger partial charge is 0.275 e. The molecule has 0 aliphatic carbocycles. The molecule has 6 nitrogen and oxygen atoms in total. The molecule has 0 aromatic heterocycles. The van der Waals surface area contributed by atoms with Crippen molar-refractivity contribution in [1.82, 2.24) is 5.32 Å². The predicted octanol–water partition coefficient (Wildman–Crippen LogP) is 1.60. The van der Waals surface area contributed by atoms with Crippen LogP contribution in [0.5, 0.6) is 17.2 Å². The first-order chi connectivity index (χ1) is 9.58. The van der Waals surface area contributed by atoms with Crippen molar-refractivity contribution in [3.05, 3.63) is 23.4 Å². The van der Waals surface area contributed by atoms with Crippen LogP contribution >= 0.6 is 0 Å². The van der Waals surface area contributed by atoms with E-state index in [4.69, 9.17) is 14.2 Å². The number of hydrogen-bond acceptors (Lipinski definition) is 5. The highest BCUT2D eigenvalue weighted by molar-refractivity contribution is 6.13. The normalized spacial score (nSPS) is 15.9. The molecule has 1 aliphatic rings. The van der Waals surface area contributed by atoms with Crippen LogP contribution < -0.4 is 19.5 Å². The SMILES string of the molecule is COc1cc(/C=C2/N=C(C)NC2=O)cc(OC)c1OC. The van der Waals surface area contributed by atoms with Crippen LogP contribution in [0.4, 0.5) is 0 Å². The van der Waals surface area contributed by atoms with E-state index in [1.54, 1.807) is 39.4 Å². The van der Waals surface area contributed by atoms with Crippen molar-refractivity contribution in [2.45, 2.75) is 6.92 Å². The highest BCUT2D eigenvalue weighted by atomic mass is 16.5. The monoisotopic (exact) mass is 276 g/mol. The van der Waals surface area contributed by atoms with Crippen molar-refractivity contribution in [2.24, 2.45) is 4.99 Å². The Balaban J connectivity index is 2.48. The number of ether oxygens (including phenoxy) is 3. The van der Waals surface area contributed by atoms with Crippen LogP contribution in [0, 0.1) is 0 Å². The number of carbonyl (C=O) groups is 1. The summed E-state index contributed by atoms with van der Waals surface area (Å²) >= 11 is 0. The molecule has 0 spiro atoms. The Hall–Kier alpha value is -2.50. The molecule has 0 saturated carbocycles. The van der Waals surface area contributed by atoms with Crippen LogP contribution in [-0.2, 0) is 4.79 Å². The van der Waals surface area contributed by atoms with Gasteiger partial charge in [-0.3, -0.25) is 4.79 Å². The van der Waals surface area contributed by atoms with Crippen molar-refractivity contribution in [3.8, 4) is 17.2 Å². The molecule has 1 aromatic rings. The highest BCUT2D eigenvalue weighted by Crippen LogP contribution is 2.38. The van der Waals surface area contributed by atoms with Gasteiger partial charge in [0.15, 0.2) is 11.5 Å². The molecule has 1 amide bonds. The number of methoxy groups -OCH3 is 3. The molecule has 1 aliphatic heterocycles. The molecule has 2 rings (SSSR count). The summed E-state index contributed by atoms with van der Waals surface area (Å²) < 4.78 is 15.8. The van der Waals surface area contributed by atoms with Gasteiger partial charge in [-0.25, -0.2) is 4.99 Å². The topological polar surface area (TPSA) is 69.2 Å². The van der Waals surface area contributed by atoms with Gasteiger partial charge in [-0.2, -0.15) is 0 Å². The van der Waals surface area contributed by atoms with Crippen LogP contribution in [0.3, 0.4) is 0 Å². The number of amidine groups is 1. The molecule has 0 saturated heterocycles. The average Bonchev–Trinajstić information content (AvgIpc) is 2.75. The van der Waals surface area contributed by atoms with Crippen LogP contribution in [0.25, 0.3) is 6.08 Å². The summed E-state index contributed by atoms with van der Waals surface area (Å²) in [7, 11) is 4.62. The Bertz CT molecular complexity index is 580. The van der Waals surface area contributed by atoms with E-state index in [9.17, 15) is 4.79 Å². The molecule has 106 valence electrons. The van der Waals surface area contributed by atoms with E-state index in [-0.39, 0.29) is 5.91 Å². The van der Waals surface area contributed by atoms with E-state index in [1.807, 2.05) is 0 Å². The molecule has 1 aromatic carbocycles. The minimum absolute atomic E-state index is 0.226. The van der Waals surface area contributed by atoms with E-state index in [0.717, 1.165) is 5.56 Å². The Kier molecular flexibility index (Phi) is 3.93. The Labute approximate surface area is 117 Å². The van der Waals surface area contributed by atoms with E-state index in [2.05, 4.69) is 10.3 Å². The molecule has 20 heavy (non-hydrogen) atoms. The highest BCUT2D eigenvalue weighted by Gasteiger charge is 2.18.